The Kier molecular flexibility index (Phi) is 4.84. The maximum atomic E-state index is 13.0. The largest absolute Gasteiger partial charge is 0.249 e. The van der Waals surface area contributed by atoms with Gasteiger partial charge in [-0.3, -0.25) is 0 Å². The van der Waals surface area contributed by atoms with Gasteiger partial charge in [0.05, 0.1) is 31.4 Å². The van der Waals surface area contributed by atoms with Crippen LogP contribution in [0.3, 0.4) is 0 Å². The molecule has 0 amide bonds. The summed E-state index contributed by atoms with van der Waals surface area (Å²) >= 11 is 0. The predicted molar refractivity (Wildman–Crippen MR) is 93.4 cm³/mol. The molecular weight excluding hydrogens is 324 g/mol. The maximum absolute atomic E-state index is 13.0. The molecule has 0 aliphatic rings. The van der Waals surface area contributed by atoms with Crippen molar-refractivity contribution in [1.82, 2.24) is 0 Å². The third-order valence-corrected chi connectivity index (χ3v) is 6.70. The molecule has 2 unspecified atom stereocenters. The fourth-order valence-corrected chi connectivity index (χ4v) is 5.13. The lowest BCUT2D eigenvalue weighted by atomic mass is 10.2. The molecule has 23 heavy (non-hydrogen) atoms. The smallest absolute Gasteiger partial charge is 0.0864 e. The second kappa shape index (κ2) is 7.02. The average Bonchev–Trinajstić information content (AvgIpc) is 2.62. The van der Waals surface area contributed by atoms with Crippen LogP contribution in [0.1, 0.15) is 5.56 Å². The predicted octanol–water partition coefficient (Wildman–Crippen LogP) is 4.33. The van der Waals surface area contributed by atoms with Gasteiger partial charge in [-0.1, -0.05) is 48.5 Å². The molecule has 0 saturated carbocycles. The second-order valence-electron chi connectivity index (χ2n) is 5.06. The third-order valence-electron chi connectivity index (χ3n) is 3.50. The van der Waals surface area contributed by atoms with E-state index in [0.717, 1.165) is 10.5 Å². The van der Waals surface area contributed by atoms with E-state index in [0.29, 0.717) is 14.7 Å². The highest BCUT2D eigenvalue weighted by atomic mass is 32.2. The molecule has 0 heterocycles. The van der Waals surface area contributed by atoms with Crippen LogP contribution in [-0.2, 0) is 21.6 Å². The lowest BCUT2D eigenvalue weighted by Crippen LogP contribution is -2.02. The van der Waals surface area contributed by atoms with E-state index in [1.807, 2.05) is 73.7 Å². The van der Waals surface area contributed by atoms with Crippen LogP contribution in [0.25, 0.3) is 0 Å². The van der Waals surface area contributed by atoms with Crippen LogP contribution in [0, 0.1) is 6.92 Å². The van der Waals surface area contributed by atoms with E-state index in [1.54, 1.807) is 12.1 Å². The summed E-state index contributed by atoms with van der Waals surface area (Å²) in [5.74, 6) is 0. The normalized spacial score (nSPS) is 13.4. The Bertz CT molecular complexity index is 873. The Morgan fingerprint density at radius 2 is 1.04 bits per heavy atom. The first-order valence-corrected chi connectivity index (χ1v) is 9.51. The quantitative estimate of drug-likeness (QED) is 0.708. The zero-order chi connectivity index (χ0) is 16.2. The van der Waals surface area contributed by atoms with E-state index < -0.39 is 21.6 Å². The highest BCUT2D eigenvalue weighted by molar-refractivity contribution is 7.88. The first-order valence-electron chi connectivity index (χ1n) is 7.22. The zero-order valence-electron chi connectivity index (χ0n) is 12.6. The molecule has 0 bridgehead atoms. The number of aryl methyl sites for hydroxylation is 1. The Balaban J connectivity index is 2.07. The Labute approximate surface area is 141 Å². The SMILES string of the molecule is Cc1ccccc1S(=O)c1ccccc1S(=O)c1ccccc1. The molecule has 0 N–H and O–H groups in total. The van der Waals surface area contributed by atoms with Crippen LogP contribution in [0.5, 0.6) is 0 Å². The van der Waals surface area contributed by atoms with Crippen LogP contribution >= 0.6 is 0 Å². The molecule has 0 saturated heterocycles. The minimum absolute atomic E-state index is 0.597. The van der Waals surface area contributed by atoms with Gasteiger partial charge in [-0.15, -0.1) is 0 Å². The Hall–Kier alpha value is -2.04. The molecule has 3 aromatic carbocycles. The molecule has 2 nitrogen and oxygen atoms in total. The molecule has 0 aromatic heterocycles. The van der Waals surface area contributed by atoms with E-state index in [1.165, 1.54) is 0 Å². The first-order chi connectivity index (χ1) is 11.2. The van der Waals surface area contributed by atoms with Gasteiger partial charge < -0.3 is 0 Å². The van der Waals surface area contributed by atoms with E-state index in [4.69, 9.17) is 0 Å². The molecular formula is C19H16O2S2. The number of benzene rings is 3. The van der Waals surface area contributed by atoms with Crippen molar-refractivity contribution in [2.45, 2.75) is 26.5 Å². The molecule has 0 spiro atoms. The first kappa shape index (κ1) is 15.8. The van der Waals surface area contributed by atoms with E-state index in [-0.39, 0.29) is 0 Å². The van der Waals surface area contributed by atoms with Gasteiger partial charge in [-0.2, -0.15) is 0 Å². The van der Waals surface area contributed by atoms with Crippen molar-refractivity contribution in [2.24, 2.45) is 0 Å². The van der Waals surface area contributed by atoms with Gasteiger partial charge in [0, 0.05) is 9.79 Å². The van der Waals surface area contributed by atoms with Crippen molar-refractivity contribution in [3.8, 4) is 0 Å². The van der Waals surface area contributed by atoms with Crippen LogP contribution in [0.15, 0.2) is 98.4 Å². The Morgan fingerprint density at radius 3 is 1.65 bits per heavy atom. The second-order valence-corrected chi connectivity index (χ2v) is 7.93. The standard InChI is InChI=1S/C19H16O2S2/c1-15-9-5-6-12-17(15)23(21)19-14-8-7-13-18(19)22(20)16-10-3-2-4-11-16/h2-14H,1H3. The summed E-state index contributed by atoms with van der Waals surface area (Å²) in [6.07, 6.45) is 0. The number of hydrogen-bond acceptors (Lipinski definition) is 2. The van der Waals surface area contributed by atoms with Gasteiger partial charge in [0.15, 0.2) is 0 Å². The molecule has 0 aliphatic heterocycles. The molecule has 0 radical (unpaired) electrons. The number of hydrogen-bond donors (Lipinski definition) is 0. The average molecular weight is 340 g/mol. The van der Waals surface area contributed by atoms with E-state index in [9.17, 15) is 8.42 Å². The van der Waals surface area contributed by atoms with Crippen molar-refractivity contribution in [2.75, 3.05) is 0 Å². The van der Waals surface area contributed by atoms with Gasteiger partial charge in [-0.05, 0) is 42.8 Å². The highest BCUT2D eigenvalue weighted by Crippen LogP contribution is 2.27. The fraction of sp³-hybridized carbons (Fsp3) is 0.0526. The van der Waals surface area contributed by atoms with E-state index in [2.05, 4.69) is 0 Å². The van der Waals surface area contributed by atoms with Gasteiger partial charge in [-0.25, -0.2) is 8.42 Å². The summed E-state index contributed by atoms with van der Waals surface area (Å²) in [4.78, 5) is 2.66. The summed E-state index contributed by atoms with van der Waals surface area (Å²) in [5, 5.41) is 0. The molecule has 3 rings (SSSR count). The molecule has 116 valence electrons. The zero-order valence-corrected chi connectivity index (χ0v) is 14.3. The maximum Gasteiger partial charge on any atom is 0.0864 e. The van der Waals surface area contributed by atoms with Crippen LogP contribution in [0.4, 0.5) is 0 Å². The van der Waals surface area contributed by atoms with E-state index >= 15 is 0 Å². The van der Waals surface area contributed by atoms with Crippen molar-refractivity contribution in [3.63, 3.8) is 0 Å². The van der Waals surface area contributed by atoms with Gasteiger partial charge in [0.25, 0.3) is 0 Å². The topological polar surface area (TPSA) is 34.1 Å². The van der Waals surface area contributed by atoms with Crippen molar-refractivity contribution in [3.05, 3.63) is 84.4 Å². The van der Waals surface area contributed by atoms with Crippen molar-refractivity contribution >= 4 is 21.6 Å². The van der Waals surface area contributed by atoms with Gasteiger partial charge >= 0.3 is 0 Å². The minimum atomic E-state index is -1.36. The molecule has 4 heteroatoms. The lowest BCUT2D eigenvalue weighted by molar-refractivity contribution is 0.674. The van der Waals surface area contributed by atoms with Crippen LogP contribution in [-0.4, -0.2) is 8.42 Å². The summed E-state index contributed by atoms with van der Waals surface area (Å²) in [5.41, 5.74) is 0.964. The molecule has 3 aromatic rings. The molecule has 2 atom stereocenters. The van der Waals surface area contributed by atoms with Crippen molar-refractivity contribution in [1.29, 1.82) is 0 Å². The van der Waals surface area contributed by atoms with Gasteiger partial charge in [0.1, 0.15) is 0 Å². The highest BCUT2D eigenvalue weighted by Gasteiger charge is 2.18. The van der Waals surface area contributed by atoms with Gasteiger partial charge in [0.2, 0.25) is 0 Å². The number of rotatable bonds is 4. The summed E-state index contributed by atoms with van der Waals surface area (Å²) < 4.78 is 25.9. The van der Waals surface area contributed by atoms with Crippen molar-refractivity contribution < 1.29 is 8.42 Å². The lowest BCUT2D eigenvalue weighted by Gasteiger charge is -2.11. The Morgan fingerprint density at radius 1 is 0.565 bits per heavy atom. The fourth-order valence-electron chi connectivity index (χ4n) is 2.31. The monoisotopic (exact) mass is 340 g/mol. The molecule has 0 fully saturated rings. The van der Waals surface area contributed by atoms with Crippen LogP contribution < -0.4 is 0 Å². The minimum Gasteiger partial charge on any atom is -0.249 e. The summed E-state index contributed by atoms with van der Waals surface area (Å²) in [7, 11) is -2.71. The summed E-state index contributed by atoms with van der Waals surface area (Å²) in [6.45, 7) is 1.93. The molecule has 0 aliphatic carbocycles. The van der Waals surface area contributed by atoms with Crippen LogP contribution in [0.2, 0.25) is 0 Å². The third kappa shape index (κ3) is 3.33. The summed E-state index contributed by atoms with van der Waals surface area (Å²) in [6, 6.07) is 24.1.